The Balaban J connectivity index is 1.73. The first-order chi connectivity index (χ1) is 8.66. The van der Waals surface area contributed by atoms with Crippen LogP contribution in [0.15, 0.2) is 5.16 Å². The van der Waals surface area contributed by atoms with Crippen molar-refractivity contribution in [1.29, 1.82) is 0 Å². The van der Waals surface area contributed by atoms with Gasteiger partial charge >= 0.3 is 0 Å². The van der Waals surface area contributed by atoms with E-state index in [2.05, 4.69) is 14.8 Å². The molecule has 2 aliphatic rings. The zero-order valence-electron chi connectivity index (χ0n) is 10.9. The van der Waals surface area contributed by atoms with Crippen LogP contribution in [0, 0.1) is 5.92 Å². The molecule has 5 heteroatoms. The molecule has 2 aliphatic carbocycles. The van der Waals surface area contributed by atoms with Gasteiger partial charge < -0.3 is 4.57 Å². The van der Waals surface area contributed by atoms with E-state index in [0.717, 1.165) is 11.0 Å². The zero-order chi connectivity index (χ0) is 12.7. The summed E-state index contributed by atoms with van der Waals surface area (Å²) in [6.45, 7) is 3.90. The van der Waals surface area contributed by atoms with Crippen molar-refractivity contribution in [2.75, 3.05) is 5.75 Å². The molecule has 2 saturated carbocycles. The Labute approximate surface area is 112 Å². The van der Waals surface area contributed by atoms with E-state index in [0.29, 0.717) is 23.5 Å². The van der Waals surface area contributed by atoms with E-state index in [1.165, 1.54) is 25.7 Å². The molecule has 1 heterocycles. The van der Waals surface area contributed by atoms with Crippen molar-refractivity contribution in [2.45, 2.75) is 56.6 Å². The lowest BCUT2D eigenvalue weighted by molar-refractivity contribution is -0.119. The lowest BCUT2D eigenvalue weighted by atomic mass is 10.1. The molecular formula is C13H19N3OS. The number of aromatic nitrogens is 3. The molecule has 4 nitrogen and oxygen atoms in total. The number of Topliss-reactive ketones (excluding diaryl/α,β-unsaturated/α-hetero) is 1. The van der Waals surface area contributed by atoms with Crippen molar-refractivity contribution < 1.29 is 4.79 Å². The molecule has 0 atom stereocenters. The monoisotopic (exact) mass is 265 g/mol. The second-order valence-corrected chi connectivity index (χ2v) is 6.57. The van der Waals surface area contributed by atoms with Crippen LogP contribution < -0.4 is 0 Å². The van der Waals surface area contributed by atoms with Gasteiger partial charge in [-0.2, -0.15) is 0 Å². The molecule has 2 fully saturated rings. The topological polar surface area (TPSA) is 47.8 Å². The number of carbonyl (C=O) groups excluding carboxylic acids is 1. The maximum Gasteiger partial charge on any atom is 0.191 e. The molecule has 0 unspecified atom stereocenters. The first kappa shape index (κ1) is 12.2. The van der Waals surface area contributed by atoms with Crippen LogP contribution in [0.5, 0.6) is 0 Å². The van der Waals surface area contributed by atoms with Gasteiger partial charge in [0.25, 0.3) is 0 Å². The third-order valence-corrected chi connectivity index (χ3v) is 4.50. The quantitative estimate of drug-likeness (QED) is 0.742. The van der Waals surface area contributed by atoms with Crippen LogP contribution in [0.1, 0.15) is 57.3 Å². The fourth-order valence-corrected chi connectivity index (χ4v) is 3.07. The average Bonchev–Trinajstić information content (AvgIpc) is 3.24. The van der Waals surface area contributed by atoms with E-state index in [1.807, 2.05) is 13.8 Å². The summed E-state index contributed by atoms with van der Waals surface area (Å²) in [4.78, 5) is 11.7. The van der Waals surface area contributed by atoms with Crippen molar-refractivity contribution in [2.24, 2.45) is 5.92 Å². The van der Waals surface area contributed by atoms with Gasteiger partial charge in [-0.3, -0.25) is 4.79 Å². The molecule has 0 aromatic carbocycles. The molecule has 0 aliphatic heterocycles. The van der Waals surface area contributed by atoms with Crippen molar-refractivity contribution >= 4 is 17.5 Å². The summed E-state index contributed by atoms with van der Waals surface area (Å²) >= 11 is 1.56. The minimum absolute atomic E-state index is 0.109. The third kappa shape index (κ3) is 2.46. The lowest BCUT2D eigenvalue weighted by Crippen LogP contribution is -2.10. The predicted octanol–water partition coefficient (Wildman–Crippen LogP) is 2.81. The number of hydrogen-bond acceptors (Lipinski definition) is 4. The SMILES string of the molecule is CC(C)C(=O)CSc1nnc(C2CC2)n1C1CC1. The van der Waals surface area contributed by atoms with Crippen LogP contribution in [0.2, 0.25) is 0 Å². The van der Waals surface area contributed by atoms with E-state index >= 15 is 0 Å². The standard InChI is InChI=1S/C13H19N3OS/c1-8(2)11(17)7-18-13-15-14-12(9-3-4-9)16(13)10-5-6-10/h8-10H,3-7H2,1-2H3. The number of rotatable bonds is 6. The molecule has 98 valence electrons. The molecule has 3 rings (SSSR count). The van der Waals surface area contributed by atoms with Crippen LogP contribution in [0.25, 0.3) is 0 Å². The number of hydrogen-bond donors (Lipinski definition) is 0. The van der Waals surface area contributed by atoms with Crippen molar-refractivity contribution in [3.63, 3.8) is 0 Å². The van der Waals surface area contributed by atoms with Gasteiger partial charge in [0.1, 0.15) is 11.6 Å². The van der Waals surface area contributed by atoms with Gasteiger partial charge in [0.2, 0.25) is 0 Å². The molecule has 0 amide bonds. The van der Waals surface area contributed by atoms with E-state index < -0.39 is 0 Å². The molecule has 0 saturated heterocycles. The maximum absolute atomic E-state index is 11.7. The number of carbonyl (C=O) groups is 1. The summed E-state index contributed by atoms with van der Waals surface area (Å²) in [6.07, 6.45) is 4.98. The summed E-state index contributed by atoms with van der Waals surface area (Å²) < 4.78 is 2.30. The number of thioether (sulfide) groups is 1. The first-order valence-electron chi connectivity index (χ1n) is 6.77. The van der Waals surface area contributed by atoms with Gasteiger partial charge in [-0.25, -0.2) is 0 Å². The summed E-state index contributed by atoms with van der Waals surface area (Å²) in [5.41, 5.74) is 0. The largest absolute Gasteiger partial charge is 0.303 e. The van der Waals surface area contributed by atoms with Gasteiger partial charge in [0, 0.05) is 17.9 Å². The Kier molecular flexibility index (Phi) is 3.18. The van der Waals surface area contributed by atoms with Gasteiger partial charge in [-0.05, 0) is 25.7 Å². The first-order valence-corrected chi connectivity index (χ1v) is 7.75. The summed E-state index contributed by atoms with van der Waals surface area (Å²) in [7, 11) is 0. The Hall–Kier alpha value is -0.840. The summed E-state index contributed by atoms with van der Waals surface area (Å²) in [5, 5.41) is 9.59. The second kappa shape index (κ2) is 4.68. The minimum Gasteiger partial charge on any atom is -0.303 e. The van der Waals surface area contributed by atoms with Crippen LogP contribution in [0.3, 0.4) is 0 Å². The highest BCUT2D eigenvalue weighted by Gasteiger charge is 2.36. The highest BCUT2D eigenvalue weighted by Crippen LogP contribution is 2.45. The Morgan fingerprint density at radius 2 is 2.06 bits per heavy atom. The normalized spacial score (nSPS) is 19.5. The van der Waals surface area contributed by atoms with Crippen molar-refractivity contribution in [1.82, 2.24) is 14.8 Å². The zero-order valence-corrected chi connectivity index (χ0v) is 11.7. The van der Waals surface area contributed by atoms with Gasteiger partial charge in [0.15, 0.2) is 5.16 Å². The van der Waals surface area contributed by atoms with Crippen LogP contribution in [-0.2, 0) is 4.79 Å². The molecule has 1 aromatic rings. The van der Waals surface area contributed by atoms with Gasteiger partial charge in [0.05, 0.1) is 5.75 Å². The summed E-state index contributed by atoms with van der Waals surface area (Å²) in [5.74, 6) is 2.72. The van der Waals surface area contributed by atoms with E-state index in [4.69, 9.17) is 0 Å². The second-order valence-electron chi connectivity index (χ2n) is 5.63. The van der Waals surface area contributed by atoms with Crippen LogP contribution in [0.4, 0.5) is 0 Å². The maximum atomic E-state index is 11.7. The van der Waals surface area contributed by atoms with Gasteiger partial charge in [-0.15, -0.1) is 10.2 Å². The smallest absolute Gasteiger partial charge is 0.191 e. The van der Waals surface area contributed by atoms with E-state index in [9.17, 15) is 4.79 Å². The molecule has 0 radical (unpaired) electrons. The third-order valence-electron chi connectivity index (χ3n) is 3.53. The number of ketones is 1. The van der Waals surface area contributed by atoms with Crippen LogP contribution in [-0.4, -0.2) is 26.3 Å². The molecule has 0 N–H and O–H groups in total. The summed E-state index contributed by atoms with van der Waals surface area (Å²) in [6, 6.07) is 0.604. The number of nitrogens with zero attached hydrogens (tertiary/aromatic N) is 3. The minimum atomic E-state index is 0.109. The fraction of sp³-hybridized carbons (Fsp3) is 0.769. The molecular weight excluding hydrogens is 246 g/mol. The molecule has 18 heavy (non-hydrogen) atoms. The highest BCUT2D eigenvalue weighted by molar-refractivity contribution is 7.99. The molecule has 1 aromatic heterocycles. The molecule has 0 spiro atoms. The van der Waals surface area contributed by atoms with Crippen LogP contribution >= 0.6 is 11.8 Å². The Morgan fingerprint density at radius 3 is 2.61 bits per heavy atom. The van der Waals surface area contributed by atoms with Gasteiger partial charge in [-0.1, -0.05) is 25.6 Å². The molecule has 0 bridgehead atoms. The van der Waals surface area contributed by atoms with E-state index in [-0.39, 0.29) is 5.92 Å². The van der Waals surface area contributed by atoms with Crippen molar-refractivity contribution in [3.05, 3.63) is 5.82 Å². The Morgan fingerprint density at radius 1 is 1.33 bits per heavy atom. The highest BCUT2D eigenvalue weighted by atomic mass is 32.2. The Bertz CT molecular complexity index is 461. The fourth-order valence-electron chi connectivity index (χ4n) is 1.98. The lowest BCUT2D eigenvalue weighted by Gasteiger charge is -2.08. The average molecular weight is 265 g/mol. The van der Waals surface area contributed by atoms with Crippen molar-refractivity contribution in [3.8, 4) is 0 Å². The van der Waals surface area contributed by atoms with E-state index in [1.54, 1.807) is 11.8 Å². The predicted molar refractivity (Wildman–Crippen MR) is 70.8 cm³/mol.